The molecule has 2 atom stereocenters. The van der Waals surface area contributed by atoms with Gasteiger partial charge in [0.05, 0.1) is 21.0 Å². The lowest BCUT2D eigenvalue weighted by atomic mass is 10.2. The third-order valence-electron chi connectivity index (χ3n) is 2.69. The minimum absolute atomic E-state index is 0.0534. The van der Waals surface area contributed by atoms with E-state index in [4.69, 9.17) is 0 Å². The maximum Gasteiger partial charge on any atom is 0.287 e. The van der Waals surface area contributed by atoms with Crippen molar-refractivity contribution in [1.29, 1.82) is 0 Å². The summed E-state index contributed by atoms with van der Waals surface area (Å²) in [6.45, 7) is 1.67. The third kappa shape index (κ3) is 2.86. The Hall–Kier alpha value is -1.34. The van der Waals surface area contributed by atoms with Gasteiger partial charge in [0.1, 0.15) is 11.2 Å². The SMILES string of the molecule is O=[N+]([O-])c1ccc([S@](=O)[C@H]2CCCNC2)nc1. The van der Waals surface area contributed by atoms with Crippen molar-refractivity contribution in [1.82, 2.24) is 10.3 Å². The Labute approximate surface area is 101 Å². The molecule has 1 N–H and O–H groups in total. The molecule has 1 aromatic heterocycles. The van der Waals surface area contributed by atoms with Crippen molar-refractivity contribution in [3.63, 3.8) is 0 Å². The van der Waals surface area contributed by atoms with E-state index in [1.807, 2.05) is 0 Å². The molecule has 2 rings (SSSR count). The minimum atomic E-state index is -1.19. The molecule has 0 spiro atoms. The van der Waals surface area contributed by atoms with Crippen LogP contribution in [0.5, 0.6) is 0 Å². The normalized spacial score (nSPS) is 22.0. The monoisotopic (exact) mass is 255 g/mol. The van der Waals surface area contributed by atoms with Crippen molar-refractivity contribution >= 4 is 16.5 Å². The smallest absolute Gasteiger partial charge is 0.287 e. The van der Waals surface area contributed by atoms with Gasteiger partial charge in [-0.2, -0.15) is 0 Å². The highest BCUT2D eigenvalue weighted by Gasteiger charge is 2.22. The Morgan fingerprint density at radius 1 is 1.53 bits per heavy atom. The van der Waals surface area contributed by atoms with Gasteiger partial charge in [-0.3, -0.25) is 14.3 Å². The second-order valence-corrected chi connectivity index (χ2v) is 5.56. The minimum Gasteiger partial charge on any atom is -0.316 e. The molecule has 7 heteroatoms. The molecule has 17 heavy (non-hydrogen) atoms. The van der Waals surface area contributed by atoms with Crippen LogP contribution in [0.2, 0.25) is 0 Å². The topological polar surface area (TPSA) is 85.1 Å². The summed E-state index contributed by atoms with van der Waals surface area (Å²) in [4.78, 5) is 13.9. The molecule has 1 fully saturated rings. The van der Waals surface area contributed by atoms with Crippen LogP contribution < -0.4 is 5.32 Å². The number of rotatable bonds is 3. The van der Waals surface area contributed by atoms with Crippen LogP contribution in [0, 0.1) is 10.1 Å². The van der Waals surface area contributed by atoms with Crippen LogP contribution in [0.1, 0.15) is 12.8 Å². The predicted octanol–water partition coefficient (Wildman–Crippen LogP) is 0.849. The van der Waals surface area contributed by atoms with E-state index in [0.29, 0.717) is 11.6 Å². The molecule has 0 unspecified atom stereocenters. The van der Waals surface area contributed by atoms with E-state index in [1.165, 1.54) is 12.1 Å². The summed E-state index contributed by atoms with van der Waals surface area (Å²) in [5.41, 5.74) is -0.0764. The van der Waals surface area contributed by atoms with Gasteiger partial charge in [0, 0.05) is 12.6 Å². The maximum absolute atomic E-state index is 12.1. The van der Waals surface area contributed by atoms with Gasteiger partial charge in [-0.1, -0.05) is 0 Å². The van der Waals surface area contributed by atoms with Crippen molar-refractivity contribution in [3.05, 3.63) is 28.4 Å². The Bertz CT molecular complexity index is 429. The molecule has 1 aliphatic heterocycles. The first-order valence-electron chi connectivity index (χ1n) is 5.40. The van der Waals surface area contributed by atoms with Crippen molar-refractivity contribution in [3.8, 4) is 0 Å². The number of aromatic nitrogens is 1. The highest BCUT2D eigenvalue weighted by molar-refractivity contribution is 7.85. The standard InChI is InChI=1S/C10H13N3O3S/c14-13(15)8-3-4-10(12-6-8)17(16)9-2-1-5-11-7-9/h3-4,6,9,11H,1-2,5,7H2/t9-,17+/m0/s1. The second-order valence-electron chi connectivity index (χ2n) is 3.88. The van der Waals surface area contributed by atoms with Crippen LogP contribution in [-0.2, 0) is 10.8 Å². The molecule has 0 aromatic carbocycles. The summed E-state index contributed by atoms with van der Waals surface area (Å²) in [5.74, 6) is 0. The van der Waals surface area contributed by atoms with E-state index in [1.54, 1.807) is 0 Å². The summed E-state index contributed by atoms with van der Waals surface area (Å²) in [6.07, 6.45) is 3.06. The molecule has 1 aromatic rings. The van der Waals surface area contributed by atoms with E-state index in [9.17, 15) is 14.3 Å². The van der Waals surface area contributed by atoms with E-state index in [-0.39, 0.29) is 10.9 Å². The lowest BCUT2D eigenvalue weighted by Gasteiger charge is -2.21. The Morgan fingerprint density at radius 2 is 2.35 bits per heavy atom. The van der Waals surface area contributed by atoms with Crippen LogP contribution in [0.15, 0.2) is 23.4 Å². The van der Waals surface area contributed by atoms with Crippen LogP contribution in [0.25, 0.3) is 0 Å². The highest BCUT2D eigenvalue weighted by Crippen LogP contribution is 2.17. The van der Waals surface area contributed by atoms with Gasteiger partial charge in [0.2, 0.25) is 0 Å². The van der Waals surface area contributed by atoms with Gasteiger partial charge >= 0.3 is 0 Å². The second kappa shape index (κ2) is 5.33. The average Bonchev–Trinajstić information content (AvgIpc) is 2.39. The quantitative estimate of drug-likeness (QED) is 0.639. The summed E-state index contributed by atoms with van der Waals surface area (Å²) < 4.78 is 12.1. The lowest BCUT2D eigenvalue weighted by Crippen LogP contribution is -2.36. The molecule has 6 nitrogen and oxygen atoms in total. The van der Waals surface area contributed by atoms with Crippen LogP contribution in [0.4, 0.5) is 5.69 Å². The van der Waals surface area contributed by atoms with Crippen molar-refractivity contribution in [2.24, 2.45) is 0 Å². The zero-order valence-electron chi connectivity index (χ0n) is 9.17. The molecule has 0 amide bonds. The van der Waals surface area contributed by atoms with Crippen LogP contribution in [-0.4, -0.2) is 32.5 Å². The van der Waals surface area contributed by atoms with Gasteiger partial charge in [-0.25, -0.2) is 4.98 Å². The lowest BCUT2D eigenvalue weighted by molar-refractivity contribution is -0.385. The zero-order valence-corrected chi connectivity index (χ0v) is 9.98. The molecule has 0 aliphatic carbocycles. The fourth-order valence-corrected chi connectivity index (χ4v) is 3.12. The van der Waals surface area contributed by atoms with Gasteiger partial charge in [0.25, 0.3) is 5.69 Å². The molecular formula is C10H13N3O3S. The van der Waals surface area contributed by atoms with Gasteiger partial charge in [0.15, 0.2) is 0 Å². The van der Waals surface area contributed by atoms with Crippen molar-refractivity contribution < 1.29 is 9.13 Å². The molecule has 92 valence electrons. The number of nitrogens with one attached hydrogen (secondary N) is 1. The molecular weight excluding hydrogens is 242 g/mol. The van der Waals surface area contributed by atoms with Gasteiger partial charge in [-0.05, 0) is 25.5 Å². The zero-order chi connectivity index (χ0) is 12.3. The third-order valence-corrected chi connectivity index (χ3v) is 4.35. The number of nitro groups is 1. The fourth-order valence-electron chi connectivity index (χ4n) is 1.77. The van der Waals surface area contributed by atoms with Crippen molar-refractivity contribution in [2.45, 2.75) is 23.1 Å². The number of piperidine rings is 1. The van der Waals surface area contributed by atoms with E-state index >= 15 is 0 Å². The van der Waals surface area contributed by atoms with Crippen LogP contribution in [0.3, 0.4) is 0 Å². The van der Waals surface area contributed by atoms with E-state index in [0.717, 1.165) is 25.6 Å². The van der Waals surface area contributed by atoms with Crippen LogP contribution >= 0.6 is 0 Å². The van der Waals surface area contributed by atoms with Crippen molar-refractivity contribution in [2.75, 3.05) is 13.1 Å². The number of hydrogen-bond donors (Lipinski definition) is 1. The molecule has 0 saturated carbocycles. The predicted molar refractivity (Wildman–Crippen MR) is 63.2 cm³/mol. The summed E-state index contributed by atoms with van der Waals surface area (Å²) >= 11 is 0. The van der Waals surface area contributed by atoms with Gasteiger partial charge in [-0.15, -0.1) is 0 Å². The van der Waals surface area contributed by atoms with Gasteiger partial charge < -0.3 is 5.32 Å². The molecule has 1 saturated heterocycles. The molecule has 1 aliphatic rings. The Morgan fingerprint density at radius 3 is 2.88 bits per heavy atom. The first-order chi connectivity index (χ1) is 8.18. The summed E-state index contributed by atoms with van der Waals surface area (Å²) in [7, 11) is -1.19. The molecule has 2 heterocycles. The van der Waals surface area contributed by atoms with E-state index in [2.05, 4.69) is 10.3 Å². The first kappa shape index (κ1) is 12.1. The summed E-state index contributed by atoms with van der Waals surface area (Å²) in [6, 6.07) is 2.82. The van der Waals surface area contributed by atoms with E-state index < -0.39 is 15.7 Å². The molecule has 0 radical (unpaired) electrons. The Balaban J connectivity index is 2.10. The highest BCUT2D eigenvalue weighted by atomic mass is 32.2. The summed E-state index contributed by atoms with van der Waals surface area (Å²) in [5, 5.41) is 14.1. The number of hydrogen-bond acceptors (Lipinski definition) is 5. The number of nitrogens with zero attached hydrogens (tertiary/aromatic N) is 2. The average molecular weight is 255 g/mol. The molecule has 0 bridgehead atoms. The first-order valence-corrected chi connectivity index (χ1v) is 6.61. The fraction of sp³-hybridized carbons (Fsp3) is 0.500. The largest absolute Gasteiger partial charge is 0.316 e. The maximum atomic E-state index is 12.1. The Kier molecular flexibility index (Phi) is 3.80. The number of pyridine rings is 1.